The maximum Gasteiger partial charge on any atom is 0.330 e. The van der Waals surface area contributed by atoms with Crippen molar-refractivity contribution in [3.63, 3.8) is 0 Å². The Kier molecular flexibility index (Phi) is 3.66. The quantitative estimate of drug-likeness (QED) is 0.671. The fraction of sp³-hybridized carbons (Fsp3) is 0.333. The van der Waals surface area contributed by atoms with Crippen molar-refractivity contribution in [3.8, 4) is 0 Å². The molecule has 0 atom stereocenters. The lowest BCUT2D eigenvalue weighted by atomic mass is 10.2. The number of fused-ring (bicyclic) bond motifs is 1. The lowest BCUT2D eigenvalue weighted by Crippen LogP contribution is -2.36. The van der Waals surface area contributed by atoms with Gasteiger partial charge in [-0.15, -0.1) is 0 Å². The van der Waals surface area contributed by atoms with E-state index in [1.807, 2.05) is 13.8 Å². The van der Waals surface area contributed by atoms with E-state index in [2.05, 4.69) is 0 Å². The fourth-order valence-corrected chi connectivity index (χ4v) is 1.54. The zero-order chi connectivity index (χ0) is 12.3. The van der Waals surface area contributed by atoms with Crippen molar-refractivity contribution < 1.29 is 0 Å². The van der Waals surface area contributed by atoms with Crippen LogP contribution in [-0.2, 0) is 14.1 Å². The second kappa shape index (κ2) is 4.79. The molecule has 0 amide bonds. The summed E-state index contributed by atoms with van der Waals surface area (Å²) in [6.45, 7) is 4.00. The van der Waals surface area contributed by atoms with Gasteiger partial charge < -0.3 is 0 Å². The van der Waals surface area contributed by atoms with E-state index in [4.69, 9.17) is 0 Å². The predicted octanol–water partition coefficient (Wildman–Crippen LogP) is 1.26. The maximum absolute atomic E-state index is 11.7. The SMILES string of the molecule is CC.Cn1c(=O)c2ccccc2n(C)c1=O. The average Bonchev–Trinajstić information content (AvgIpc) is 2.36. The molecule has 0 fully saturated rings. The van der Waals surface area contributed by atoms with E-state index in [1.54, 1.807) is 31.3 Å². The van der Waals surface area contributed by atoms with E-state index in [0.717, 1.165) is 4.57 Å². The zero-order valence-corrected chi connectivity index (χ0v) is 10.0. The van der Waals surface area contributed by atoms with Crippen molar-refractivity contribution in [3.05, 3.63) is 45.1 Å². The molecule has 1 heterocycles. The van der Waals surface area contributed by atoms with Crippen LogP contribution >= 0.6 is 0 Å². The van der Waals surface area contributed by atoms with E-state index in [0.29, 0.717) is 10.9 Å². The Bertz CT molecular complexity index is 608. The van der Waals surface area contributed by atoms with Crippen molar-refractivity contribution in [2.75, 3.05) is 0 Å². The zero-order valence-electron chi connectivity index (χ0n) is 10.0. The largest absolute Gasteiger partial charge is 0.330 e. The molecule has 1 aromatic carbocycles. The van der Waals surface area contributed by atoms with Crippen LogP contribution in [0.2, 0.25) is 0 Å². The second-order valence-electron chi connectivity index (χ2n) is 3.22. The van der Waals surface area contributed by atoms with Crippen LogP contribution < -0.4 is 11.2 Å². The van der Waals surface area contributed by atoms with Crippen LogP contribution in [-0.4, -0.2) is 9.13 Å². The lowest BCUT2D eigenvalue weighted by Gasteiger charge is -2.05. The van der Waals surface area contributed by atoms with Crippen molar-refractivity contribution in [1.29, 1.82) is 0 Å². The number of benzene rings is 1. The predicted molar refractivity (Wildman–Crippen MR) is 65.8 cm³/mol. The van der Waals surface area contributed by atoms with Crippen LogP contribution in [0.3, 0.4) is 0 Å². The summed E-state index contributed by atoms with van der Waals surface area (Å²) in [5.74, 6) is 0. The number of hydrogen-bond acceptors (Lipinski definition) is 2. The molecule has 0 radical (unpaired) electrons. The number of rotatable bonds is 0. The van der Waals surface area contributed by atoms with Gasteiger partial charge in [0.1, 0.15) is 0 Å². The Morgan fingerprint density at radius 2 is 1.50 bits per heavy atom. The minimum absolute atomic E-state index is 0.247. The third kappa shape index (κ3) is 1.78. The van der Waals surface area contributed by atoms with Crippen molar-refractivity contribution in [1.82, 2.24) is 9.13 Å². The lowest BCUT2D eigenvalue weighted by molar-refractivity contribution is 0.713. The molecule has 0 unspecified atom stereocenters. The molecule has 0 saturated heterocycles. The molecule has 2 aromatic rings. The Morgan fingerprint density at radius 1 is 0.938 bits per heavy atom. The molecule has 0 bridgehead atoms. The van der Waals surface area contributed by atoms with Gasteiger partial charge >= 0.3 is 5.69 Å². The smallest absolute Gasteiger partial charge is 0.296 e. The number of para-hydroxylation sites is 1. The van der Waals surface area contributed by atoms with Gasteiger partial charge in [-0.1, -0.05) is 26.0 Å². The molecule has 86 valence electrons. The Hall–Kier alpha value is -1.84. The summed E-state index contributed by atoms with van der Waals surface area (Å²) in [6.07, 6.45) is 0. The van der Waals surface area contributed by atoms with Gasteiger partial charge in [-0.05, 0) is 12.1 Å². The summed E-state index contributed by atoms with van der Waals surface area (Å²) in [5, 5.41) is 0.567. The molecule has 4 heteroatoms. The van der Waals surface area contributed by atoms with Gasteiger partial charge in [0.25, 0.3) is 5.56 Å². The molecule has 0 aliphatic rings. The molecule has 4 nitrogen and oxygen atoms in total. The highest BCUT2D eigenvalue weighted by atomic mass is 16.2. The van der Waals surface area contributed by atoms with Gasteiger partial charge in [0.05, 0.1) is 10.9 Å². The molecule has 0 aliphatic heterocycles. The van der Waals surface area contributed by atoms with Crippen molar-refractivity contribution >= 4 is 10.9 Å². The van der Waals surface area contributed by atoms with Gasteiger partial charge in [-0.3, -0.25) is 13.9 Å². The number of aromatic nitrogens is 2. The average molecular weight is 220 g/mol. The molecular weight excluding hydrogens is 204 g/mol. The molecule has 0 N–H and O–H groups in total. The Balaban J connectivity index is 0.000000606. The first kappa shape index (κ1) is 12.2. The third-order valence-corrected chi connectivity index (χ3v) is 2.37. The van der Waals surface area contributed by atoms with E-state index < -0.39 is 0 Å². The maximum atomic E-state index is 11.7. The highest BCUT2D eigenvalue weighted by Crippen LogP contribution is 2.04. The first-order chi connectivity index (χ1) is 7.63. The molecular formula is C12H16N2O2. The Morgan fingerprint density at radius 3 is 2.12 bits per heavy atom. The van der Waals surface area contributed by atoms with Crippen LogP contribution in [0, 0.1) is 0 Å². The number of aryl methyl sites for hydroxylation is 1. The molecule has 0 spiro atoms. The topological polar surface area (TPSA) is 44.0 Å². The highest BCUT2D eigenvalue weighted by Gasteiger charge is 2.05. The summed E-state index contributed by atoms with van der Waals surface area (Å²) >= 11 is 0. The summed E-state index contributed by atoms with van der Waals surface area (Å²) < 4.78 is 2.58. The van der Waals surface area contributed by atoms with E-state index in [-0.39, 0.29) is 11.2 Å². The normalized spacial score (nSPS) is 9.75. The van der Waals surface area contributed by atoms with E-state index in [1.165, 1.54) is 11.6 Å². The molecule has 2 rings (SSSR count). The van der Waals surface area contributed by atoms with Gasteiger partial charge in [0.2, 0.25) is 0 Å². The van der Waals surface area contributed by atoms with Crippen molar-refractivity contribution in [2.24, 2.45) is 14.1 Å². The van der Waals surface area contributed by atoms with Gasteiger partial charge in [0, 0.05) is 14.1 Å². The van der Waals surface area contributed by atoms with Crippen LogP contribution in [0.15, 0.2) is 33.9 Å². The van der Waals surface area contributed by atoms with E-state index >= 15 is 0 Å². The van der Waals surface area contributed by atoms with E-state index in [9.17, 15) is 9.59 Å². The number of hydrogen-bond donors (Lipinski definition) is 0. The summed E-state index contributed by atoms with van der Waals surface area (Å²) in [7, 11) is 3.14. The van der Waals surface area contributed by atoms with Crippen LogP contribution in [0.25, 0.3) is 10.9 Å². The van der Waals surface area contributed by atoms with Gasteiger partial charge in [-0.25, -0.2) is 4.79 Å². The monoisotopic (exact) mass is 220 g/mol. The number of nitrogens with zero attached hydrogens (tertiary/aromatic N) is 2. The molecule has 16 heavy (non-hydrogen) atoms. The Labute approximate surface area is 93.8 Å². The standard InChI is InChI=1S/C10H10N2O2.C2H6/c1-11-8-6-4-3-5-7(8)9(13)12(2)10(11)14;1-2/h3-6H,1-2H3;1-2H3. The van der Waals surface area contributed by atoms with Crippen molar-refractivity contribution in [2.45, 2.75) is 13.8 Å². The van der Waals surface area contributed by atoms with Crippen LogP contribution in [0.4, 0.5) is 0 Å². The molecule has 0 aliphatic carbocycles. The summed E-state index contributed by atoms with van der Waals surface area (Å²) in [5.41, 5.74) is 0.123. The van der Waals surface area contributed by atoms with Crippen LogP contribution in [0.5, 0.6) is 0 Å². The fourth-order valence-electron chi connectivity index (χ4n) is 1.54. The third-order valence-electron chi connectivity index (χ3n) is 2.37. The summed E-state index contributed by atoms with van der Waals surface area (Å²) in [4.78, 5) is 23.2. The minimum atomic E-state index is -0.297. The first-order valence-electron chi connectivity index (χ1n) is 5.27. The second-order valence-corrected chi connectivity index (χ2v) is 3.22. The molecule has 0 saturated carbocycles. The molecule has 1 aromatic heterocycles. The van der Waals surface area contributed by atoms with Crippen LogP contribution in [0.1, 0.15) is 13.8 Å². The summed E-state index contributed by atoms with van der Waals surface area (Å²) in [6, 6.07) is 7.07. The minimum Gasteiger partial charge on any atom is -0.296 e. The van der Waals surface area contributed by atoms with Gasteiger partial charge in [-0.2, -0.15) is 0 Å². The van der Waals surface area contributed by atoms with Gasteiger partial charge in [0.15, 0.2) is 0 Å². The first-order valence-corrected chi connectivity index (χ1v) is 5.27. The highest BCUT2D eigenvalue weighted by molar-refractivity contribution is 5.77.